The van der Waals surface area contributed by atoms with Gasteiger partial charge in [-0.3, -0.25) is 4.79 Å². The lowest BCUT2D eigenvalue weighted by atomic mass is 10.2. The minimum Gasteiger partial charge on any atom is -0.478 e. The summed E-state index contributed by atoms with van der Waals surface area (Å²) in [6.45, 7) is 4.65. The molecule has 1 N–H and O–H groups in total. The van der Waals surface area contributed by atoms with Crippen molar-refractivity contribution in [3.63, 3.8) is 0 Å². The van der Waals surface area contributed by atoms with E-state index in [9.17, 15) is 18.0 Å². The van der Waals surface area contributed by atoms with Gasteiger partial charge in [0, 0.05) is 7.05 Å². The van der Waals surface area contributed by atoms with E-state index >= 15 is 0 Å². The molecule has 0 aliphatic rings. The lowest BCUT2D eigenvalue weighted by Crippen LogP contribution is -2.28. The Labute approximate surface area is 152 Å². The summed E-state index contributed by atoms with van der Waals surface area (Å²) >= 11 is 0. The van der Waals surface area contributed by atoms with Gasteiger partial charge in [-0.05, 0) is 39.0 Å². The molecule has 7 nitrogen and oxygen atoms in total. The number of sulfone groups is 1. The molecule has 1 amide bonds. The van der Waals surface area contributed by atoms with Crippen molar-refractivity contribution < 1.29 is 27.5 Å². The van der Waals surface area contributed by atoms with Crippen molar-refractivity contribution in [1.29, 1.82) is 0 Å². The van der Waals surface area contributed by atoms with Gasteiger partial charge in [-0.2, -0.15) is 0 Å². The van der Waals surface area contributed by atoms with E-state index in [0.717, 1.165) is 0 Å². The second-order valence-electron chi connectivity index (χ2n) is 6.24. The average Bonchev–Trinajstić information content (AvgIpc) is 2.94. The van der Waals surface area contributed by atoms with E-state index in [1.54, 1.807) is 26.0 Å². The first-order chi connectivity index (χ1) is 12.1. The molecule has 140 valence electrons. The van der Waals surface area contributed by atoms with Crippen molar-refractivity contribution in [2.75, 3.05) is 7.05 Å². The van der Waals surface area contributed by atoms with Crippen molar-refractivity contribution in [3.8, 4) is 0 Å². The number of benzene rings is 1. The van der Waals surface area contributed by atoms with Crippen LogP contribution < -0.4 is 0 Å². The SMILES string of the molecule is Cc1oc(CN(C)C(=O)c2ccccc2S(=O)(=O)C(C)C)cc1C(=O)O. The van der Waals surface area contributed by atoms with Crippen LogP contribution in [0.15, 0.2) is 39.6 Å². The van der Waals surface area contributed by atoms with Crippen molar-refractivity contribution in [1.82, 2.24) is 4.90 Å². The predicted octanol–water partition coefficient (Wildman–Crippen LogP) is 2.74. The summed E-state index contributed by atoms with van der Waals surface area (Å²) in [5, 5.41) is 8.41. The highest BCUT2D eigenvalue weighted by Crippen LogP contribution is 2.23. The zero-order valence-electron chi connectivity index (χ0n) is 15.0. The first kappa shape index (κ1) is 19.7. The smallest absolute Gasteiger partial charge is 0.339 e. The first-order valence-corrected chi connectivity index (χ1v) is 9.51. The Bertz CT molecular complexity index is 942. The fourth-order valence-corrected chi connectivity index (χ4v) is 3.73. The zero-order chi connectivity index (χ0) is 19.6. The first-order valence-electron chi connectivity index (χ1n) is 7.96. The Morgan fingerprint density at radius 2 is 1.81 bits per heavy atom. The second-order valence-corrected chi connectivity index (χ2v) is 8.71. The van der Waals surface area contributed by atoms with Gasteiger partial charge in [-0.1, -0.05) is 12.1 Å². The van der Waals surface area contributed by atoms with Crippen molar-refractivity contribution in [3.05, 3.63) is 53.0 Å². The minimum atomic E-state index is -3.62. The molecule has 1 heterocycles. The number of rotatable bonds is 6. The zero-order valence-corrected chi connectivity index (χ0v) is 15.8. The number of aryl methyl sites for hydroxylation is 1. The molecule has 0 unspecified atom stereocenters. The van der Waals surface area contributed by atoms with E-state index in [-0.39, 0.29) is 28.3 Å². The number of hydrogen-bond acceptors (Lipinski definition) is 5. The number of carboxylic acids is 1. The van der Waals surface area contributed by atoms with E-state index in [2.05, 4.69) is 0 Å². The number of carbonyl (C=O) groups is 2. The summed E-state index contributed by atoms with van der Waals surface area (Å²) in [7, 11) is -2.12. The van der Waals surface area contributed by atoms with Crippen LogP contribution in [0.25, 0.3) is 0 Å². The normalized spacial score (nSPS) is 11.6. The van der Waals surface area contributed by atoms with Gasteiger partial charge in [-0.15, -0.1) is 0 Å². The quantitative estimate of drug-likeness (QED) is 0.827. The summed E-state index contributed by atoms with van der Waals surface area (Å²) in [6, 6.07) is 7.40. The monoisotopic (exact) mass is 379 g/mol. The molecule has 0 aliphatic carbocycles. The molecular formula is C18H21NO6S. The van der Waals surface area contributed by atoms with Crippen molar-refractivity contribution >= 4 is 21.7 Å². The Hall–Kier alpha value is -2.61. The molecule has 0 fully saturated rings. The number of nitrogens with zero attached hydrogens (tertiary/aromatic N) is 1. The molecule has 8 heteroatoms. The summed E-state index contributed by atoms with van der Waals surface area (Å²) in [5.74, 6) is -1.05. The Balaban J connectivity index is 2.32. The number of hydrogen-bond donors (Lipinski definition) is 1. The number of amides is 1. The Kier molecular flexibility index (Phi) is 5.56. The van der Waals surface area contributed by atoms with Gasteiger partial charge in [-0.25, -0.2) is 13.2 Å². The van der Waals surface area contributed by atoms with Crippen LogP contribution in [0, 0.1) is 6.92 Å². The van der Waals surface area contributed by atoms with E-state index in [1.807, 2.05) is 0 Å². The fourth-order valence-electron chi connectivity index (χ4n) is 2.49. The number of furan rings is 1. The van der Waals surface area contributed by atoms with Gasteiger partial charge in [0.2, 0.25) is 0 Å². The number of carboxylic acid groups (broad SMARTS) is 1. The van der Waals surface area contributed by atoms with Crippen molar-refractivity contribution in [2.45, 2.75) is 37.5 Å². The number of carbonyl (C=O) groups excluding carboxylic acids is 1. The van der Waals surface area contributed by atoms with E-state index in [4.69, 9.17) is 9.52 Å². The maximum absolute atomic E-state index is 12.8. The maximum atomic E-state index is 12.8. The van der Waals surface area contributed by atoms with Gasteiger partial charge in [0.25, 0.3) is 5.91 Å². The van der Waals surface area contributed by atoms with Crippen molar-refractivity contribution in [2.24, 2.45) is 0 Å². The van der Waals surface area contributed by atoms with Crippen LogP contribution in [0.4, 0.5) is 0 Å². The summed E-state index contributed by atoms with van der Waals surface area (Å²) in [4.78, 5) is 25.1. The topological polar surface area (TPSA) is 105 Å². The lowest BCUT2D eigenvalue weighted by molar-refractivity contribution is 0.0694. The van der Waals surface area contributed by atoms with E-state index in [1.165, 1.54) is 37.1 Å². The van der Waals surface area contributed by atoms with Crippen LogP contribution in [0.3, 0.4) is 0 Å². The molecule has 2 aromatic rings. The molecule has 0 spiro atoms. The highest BCUT2D eigenvalue weighted by atomic mass is 32.2. The van der Waals surface area contributed by atoms with Gasteiger partial charge in [0.05, 0.1) is 22.3 Å². The molecule has 2 rings (SSSR count). The van der Waals surface area contributed by atoms with E-state index < -0.39 is 27.0 Å². The minimum absolute atomic E-state index is 0.0169. The van der Waals surface area contributed by atoms with Crippen LogP contribution in [0.2, 0.25) is 0 Å². The molecule has 0 bridgehead atoms. The molecule has 1 aromatic heterocycles. The molecule has 1 aromatic carbocycles. The molecule has 0 saturated heterocycles. The van der Waals surface area contributed by atoms with Gasteiger partial charge in [0.15, 0.2) is 9.84 Å². The molecule has 0 radical (unpaired) electrons. The molecule has 0 saturated carbocycles. The molecule has 26 heavy (non-hydrogen) atoms. The van der Waals surface area contributed by atoms with Gasteiger partial charge < -0.3 is 14.4 Å². The second kappa shape index (κ2) is 7.33. The highest BCUT2D eigenvalue weighted by Gasteiger charge is 2.27. The highest BCUT2D eigenvalue weighted by molar-refractivity contribution is 7.92. The third-order valence-electron chi connectivity index (χ3n) is 3.98. The maximum Gasteiger partial charge on any atom is 0.339 e. The largest absolute Gasteiger partial charge is 0.478 e. The third kappa shape index (κ3) is 3.80. The van der Waals surface area contributed by atoms with Crippen LogP contribution in [-0.2, 0) is 16.4 Å². The molecular weight excluding hydrogens is 358 g/mol. The summed E-state index contributed by atoms with van der Waals surface area (Å²) in [5.41, 5.74) is 0.106. The summed E-state index contributed by atoms with van der Waals surface area (Å²) < 4.78 is 30.4. The average molecular weight is 379 g/mol. The van der Waals surface area contributed by atoms with E-state index in [0.29, 0.717) is 5.76 Å². The standard InChI is InChI=1S/C18H21NO6S/c1-11(2)26(23,24)16-8-6-5-7-14(16)17(20)19(4)10-13-9-15(18(21)22)12(3)25-13/h5-9,11H,10H2,1-4H3,(H,21,22). The number of aromatic carboxylic acids is 1. The Morgan fingerprint density at radius 1 is 1.19 bits per heavy atom. The van der Waals surface area contributed by atoms with Gasteiger partial charge >= 0.3 is 5.97 Å². The van der Waals surface area contributed by atoms with Crippen LogP contribution in [-0.4, -0.2) is 42.6 Å². The predicted molar refractivity (Wildman–Crippen MR) is 95.0 cm³/mol. The summed E-state index contributed by atoms with van der Waals surface area (Å²) in [6.07, 6.45) is 0. The van der Waals surface area contributed by atoms with Gasteiger partial charge in [0.1, 0.15) is 17.1 Å². The van der Waals surface area contributed by atoms with Crippen LogP contribution >= 0.6 is 0 Å². The fraction of sp³-hybridized carbons (Fsp3) is 0.333. The molecule has 0 atom stereocenters. The third-order valence-corrected chi connectivity index (χ3v) is 6.19. The molecule has 0 aliphatic heterocycles. The Morgan fingerprint density at radius 3 is 2.35 bits per heavy atom. The van der Waals surface area contributed by atoms with Crippen LogP contribution in [0.1, 0.15) is 46.1 Å². The van der Waals surface area contributed by atoms with Crippen LogP contribution in [0.5, 0.6) is 0 Å². The lowest BCUT2D eigenvalue weighted by Gasteiger charge is -2.18.